The molecule has 0 spiro atoms. The average molecular weight is 629 g/mol. The van der Waals surface area contributed by atoms with Gasteiger partial charge in [0.2, 0.25) is 0 Å². The third-order valence-corrected chi connectivity index (χ3v) is 13.6. The highest BCUT2D eigenvalue weighted by atomic mass is 28.4. The molecule has 2 rings (SSSR count). The van der Waals surface area contributed by atoms with Gasteiger partial charge in [-0.1, -0.05) is 65.0 Å². The van der Waals surface area contributed by atoms with E-state index in [2.05, 4.69) is 47.4 Å². The van der Waals surface area contributed by atoms with E-state index in [1.807, 2.05) is 62.4 Å². The summed E-state index contributed by atoms with van der Waals surface area (Å²) in [5.41, 5.74) is 0.933. The number of carbonyl (C=O) groups is 1. The number of hydrogen-bond donors (Lipinski definition) is 1. The molecule has 2 aromatic carbocycles. The van der Waals surface area contributed by atoms with Gasteiger partial charge in [-0.2, -0.15) is 0 Å². The third kappa shape index (κ3) is 10.8. The fraction of sp³-hybridized carbons (Fsp3) is 0.583. The molecule has 0 bridgehead atoms. The topological polar surface area (TPSA) is 83.5 Å². The summed E-state index contributed by atoms with van der Waals surface area (Å²) < 4.78 is 29.8. The second-order valence-corrected chi connectivity index (χ2v) is 18.4. The van der Waals surface area contributed by atoms with Gasteiger partial charge in [-0.3, -0.25) is 4.79 Å². The van der Waals surface area contributed by atoms with Gasteiger partial charge in [-0.15, -0.1) is 6.58 Å². The highest BCUT2D eigenvalue weighted by Crippen LogP contribution is 2.37. The Bertz CT molecular complexity index is 1160. The Morgan fingerprint density at radius 1 is 0.909 bits per heavy atom. The minimum atomic E-state index is -2.00. The van der Waals surface area contributed by atoms with Gasteiger partial charge in [0.25, 0.3) is 0 Å². The molecule has 8 heteroatoms. The molecular formula is C36H56O7Si. The van der Waals surface area contributed by atoms with Gasteiger partial charge in [0.1, 0.15) is 17.3 Å². The smallest absolute Gasteiger partial charge is 0.191 e. The van der Waals surface area contributed by atoms with Crippen molar-refractivity contribution in [2.75, 3.05) is 20.8 Å². The predicted molar refractivity (Wildman–Crippen MR) is 180 cm³/mol. The van der Waals surface area contributed by atoms with Crippen LogP contribution in [0.15, 0.2) is 61.2 Å². The lowest BCUT2D eigenvalue weighted by Gasteiger charge is -2.39. The molecular weight excluding hydrogens is 572 g/mol. The molecule has 0 saturated carbocycles. The first-order valence-corrected chi connectivity index (χ1v) is 18.4. The average Bonchev–Trinajstić information content (AvgIpc) is 2.99. The van der Waals surface area contributed by atoms with E-state index in [-0.39, 0.29) is 29.8 Å². The zero-order valence-corrected chi connectivity index (χ0v) is 29.6. The van der Waals surface area contributed by atoms with Crippen molar-refractivity contribution < 1.29 is 33.3 Å². The molecule has 0 unspecified atom stereocenters. The molecule has 0 radical (unpaired) electrons. The van der Waals surface area contributed by atoms with Gasteiger partial charge in [-0.05, 0) is 66.9 Å². The minimum absolute atomic E-state index is 0.0515. The Hall–Kier alpha value is -2.49. The van der Waals surface area contributed by atoms with Gasteiger partial charge < -0.3 is 28.5 Å². The number of hydrogen-bond acceptors (Lipinski definition) is 7. The van der Waals surface area contributed by atoms with Crippen LogP contribution in [-0.2, 0) is 31.9 Å². The highest BCUT2D eigenvalue weighted by Gasteiger charge is 2.40. The van der Waals surface area contributed by atoms with Crippen molar-refractivity contribution in [1.82, 2.24) is 0 Å². The largest absolute Gasteiger partial charge is 0.497 e. The Labute approximate surface area is 267 Å². The van der Waals surface area contributed by atoms with Gasteiger partial charge in [0, 0.05) is 24.9 Å². The first-order valence-electron chi connectivity index (χ1n) is 15.5. The minimum Gasteiger partial charge on any atom is -0.497 e. The van der Waals surface area contributed by atoms with Gasteiger partial charge in [0.15, 0.2) is 8.32 Å². The lowest BCUT2D eigenvalue weighted by molar-refractivity contribution is -0.146. The van der Waals surface area contributed by atoms with Crippen LogP contribution in [0.3, 0.4) is 0 Å². The lowest BCUT2D eigenvalue weighted by Crippen LogP contribution is -2.46. The normalized spacial score (nSPS) is 16.3. The first kappa shape index (κ1) is 37.7. The van der Waals surface area contributed by atoms with Crippen LogP contribution in [0.1, 0.15) is 65.5 Å². The van der Waals surface area contributed by atoms with E-state index in [9.17, 15) is 9.90 Å². The Morgan fingerprint density at radius 2 is 1.41 bits per heavy atom. The van der Waals surface area contributed by atoms with Crippen LogP contribution in [-0.4, -0.2) is 57.8 Å². The van der Waals surface area contributed by atoms with E-state index in [0.29, 0.717) is 19.6 Å². The standard InChI is InChI=1S/C36H56O7Si/c1-12-21-36(7,42-25-29-15-19-31(40-9)20-16-29)33(38)22-32(37)27(3)34(26(2)23-43-44(10,11)35(4,5)6)41-24-28-13-17-30(39-8)18-14-28/h12-20,26-27,33-34,38H,1,21-25H2,2-11H3/t26-,27+,33+,34+,36+/m0/s1. The molecule has 0 fully saturated rings. The summed E-state index contributed by atoms with van der Waals surface area (Å²) in [6.45, 7) is 21.9. The number of ketones is 1. The number of benzene rings is 2. The van der Waals surface area contributed by atoms with E-state index in [0.717, 1.165) is 22.6 Å². The van der Waals surface area contributed by atoms with Crippen molar-refractivity contribution in [2.24, 2.45) is 11.8 Å². The number of methoxy groups -OCH3 is 2. The monoisotopic (exact) mass is 628 g/mol. The molecule has 44 heavy (non-hydrogen) atoms. The van der Waals surface area contributed by atoms with Crippen molar-refractivity contribution in [3.05, 3.63) is 72.3 Å². The number of ether oxygens (including phenoxy) is 4. The fourth-order valence-electron chi connectivity index (χ4n) is 4.69. The third-order valence-electron chi connectivity index (χ3n) is 9.05. The van der Waals surface area contributed by atoms with Crippen molar-refractivity contribution in [2.45, 2.75) is 104 Å². The molecule has 0 aliphatic rings. The van der Waals surface area contributed by atoms with Crippen LogP contribution < -0.4 is 9.47 Å². The summed E-state index contributed by atoms with van der Waals surface area (Å²) in [5, 5.41) is 11.4. The van der Waals surface area contributed by atoms with E-state index in [1.165, 1.54) is 0 Å². The molecule has 246 valence electrons. The van der Waals surface area contributed by atoms with E-state index in [4.69, 9.17) is 23.4 Å². The summed E-state index contributed by atoms with van der Waals surface area (Å²) in [5.74, 6) is 0.922. The van der Waals surface area contributed by atoms with Gasteiger partial charge >= 0.3 is 0 Å². The number of aliphatic hydroxyl groups excluding tert-OH is 1. The molecule has 0 saturated heterocycles. The number of carbonyl (C=O) groups excluding carboxylic acids is 1. The van der Waals surface area contributed by atoms with Crippen molar-refractivity contribution in [3.63, 3.8) is 0 Å². The van der Waals surface area contributed by atoms with Crippen LogP contribution in [0, 0.1) is 11.8 Å². The van der Waals surface area contributed by atoms with Crippen LogP contribution in [0.2, 0.25) is 18.1 Å². The van der Waals surface area contributed by atoms with Crippen LogP contribution in [0.5, 0.6) is 11.5 Å². The van der Waals surface area contributed by atoms with Crippen molar-refractivity contribution in [1.29, 1.82) is 0 Å². The summed E-state index contributed by atoms with van der Waals surface area (Å²) >= 11 is 0. The van der Waals surface area contributed by atoms with Crippen LogP contribution in [0.4, 0.5) is 0 Å². The van der Waals surface area contributed by atoms with E-state index in [1.54, 1.807) is 20.3 Å². The summed E-state index contributed by atoms with van der Waals surface area (Å²) in [7, 11) is 1.26. The molecule has 7 nitrogen and oxygen atoms in total. The quantitative estimate of drug-likeness (QED) is 0.126. The molecule has 0 aliphatic carbocycles. The lowest BCUT2D eigenvalue weighted by atomic mass is 9.84. The molecule has 0 aromatic heterocycles. The summed E-state index contributed by atoms with van der Waals surface area (Å²) in [6, 6.07) is 15.3. The molecule has 0 heterocycles. The second kappa shape index (κ2) is 16.7. The fourth-order valence-corrected chi connectivity index (χ4v) is 5.80. The van der Waals surface area contributed by atoms with Crippen LogP contribution in [0.25, 0.3) is 0 Å². The number of Topliss-reactive ketones (excluding diaryl/α,β-unsaturated/α-hetero) is 1. The Kier molecular flexibility index (Phi) is 14.3. The maximum atomic E-state index is 13.8. The number of rotatable bonds is 19. The van der Waals surface area contributed by atoms with Gasteiger partial charge in [-0.25, -0.2) is 0 Å². The van der Waals surface area contributed by atoms with E-state index >= 15 is 0 Å². The predicted octanol–water partition coefficient (Wildman–Crippen LogP) is 7.75. The zero-order chi connectivity index (χ0) is 33.1. The molecule has 5 atom stereocenters. The van der Waals surface area contributed by atoms with E-state index < -0.39 is 32.0 Å². The molecule has 2 aromatic rings. The first-order chi connectivity index (χ1) is 20.6. The van der Waals surface area contributed by atoms with Gasteiger partial charge in [0.05, 0.1) is 45.2 Å². The number of aliphatic hydroxyl groups is 1. The highest BCUT2D eigenvalue weighted by molar-refractivity contribution is 6.74. The Balaban J connectivity index is 2.18. The van der Waals surface area contributed by atoms with Crippen molar-refractivity contribution in [3.8, 4) is 11.5 Å². The Morgan fingerprint density at radius 3 is 1.86 bits per heavy atom. The summed E-state index contributed by atoms with van der Waals surface area (Å²) in [4.78, 5) is 13.8. The summed E-state index contributed by atoms with van der Waals surface area (Å²) in [6.07, 6.45) is 0.598. The zero-order valence-electron chi connectivity index (χ0n) is 28.6. The van der Waals surface area contributed by atoms with Crippen LogP contribution >= 0.6 is 0 Å². The molecule has 0 amide bonds. The SMILES string of the molecule is C=CC[C@@](C)(OCc1ccc(OC)cc1)[C@H](O)CC(=O)[C@@H](C)[C@H](OCc1ccc(OC)cc1)[C@@H](C)CO[Si](C)(C)C(C)(C)C. The maximum absolute atomic E-state index is 13.8. The molecule has 1 N–H and O–H groups in total. The molecule has 0 aliphatic heterocycles. The second-order valence-electron chi connectivity index (χ2n) is 13.6. The van der Waals surface area contributed by atoms with Crippen molar-refractivity contribution >= 4 is 14.1 Å². The maximum Gasteiger partial charge on any atom is 0.191 e.